The minimum atomic E-state index is -0.539. The van der Waals surface area contributed by atoms with E-state index in [1.165, 1.54) is 12.1 Å². The highest BCUT2D eigenvalue weighted by Gasteiger charge is 2.05. The molecule has 0 nitrogen and oxygen atoms in total. The minimum absolute atomic E-state index is 0.0879. The Morgan fingerprint density at radius 3 is 2.58 bits per heavy atom. The van der Waals surface area contributed by atoms with Crippen LogP contribution in [0.4, 0.5) is 8.78 Å². The van der Waals surface area contributed by atoms with Gasteiger partial charge in [-0.25, -0.2) is 8.78 Å². The molecule has 0 saturated heterocycles. The lowest BCUT2D eigenvalue weighted by Gasteiger charge is -2.04. The fourth-order valence-electron chi connectivity index (χ4n) is 1.01. The van der Waals surface area contributed by atoms with Gasteiger partial charge in [-0.05, 0) is 18.1 Å². The number of thiol groups is 1. The van der Waals surface area contributed by atoms with Crippen molar-refractivity contribution in [2.24, 2.45) is 0 Å². The van der Waals surface area contributed by atoms with Crippen LogP contribution in [-0.2, 0) is 6.42 Å². The third-order valence-corrected chi connectivity index (χ3v) is 1.71. The summed E-state index contributed by atoms with van der Waals surface area (Å²) in [4.78, 5) is 0. The molecular formula is C9H10F2S. The molecule has 0 spiro atoms. The van der Waals surface area contributed by atoms with Crippen LogP contribution in [-0.4, -0.2) is 5.25 Å². The SMILES string of the molecule is CC(S)Cc1ccc(F)cc1F. The molecule has 0 aliphatic carbocycles. The first-order chi connectivity index (χ1) is 5.59. The molecule has 1 atom stereocenters. The van der Waals surface area contributed by atoms with Crippen molar-refractivity contribution in [1.29, 1.82) is 0 Å². The van der Waals surface area contributed by atoms with Gasteiger partial charge in [0, 0.05) is 11.3 Å². The number of hydrogen-bond donors (Lipinski definition) is 1. The van der Waals surface area contributed by atoms with Gasteiger partial charge in [0.15, 0.2) is 0 Å². The van der Waals surface area contributed by atoms with Crippen molar-refractivity contribution in [2.45, 2.75) is 18.6 Å². The molecule has 0 saturated carbocycles. The summed E-state index contributed by atoms with van der Waals surface area (Å²) in [6.07, 6.45) is 0.523. The summed E-state index contributed by atoms with van der Waals surface area (Å²) in [5.41, 5.74) is 0.513. The summed E-state index contributed by atoms with van der Waals surface area (Å²) >= 11 is 4.12. The molecule has 1 aromatic carbocycles. The molecule has 0 heterocycles. The molecule has 0 bridgehead atoms. The van der Waals surface area contributed by atoms with Gasteiger partial charge in [0.25, 0.3) is 0 Å². The van der Waals surface area contributed by atoms with E-state index in [1.807, 2.05) is 6.92 Å². The van der Waals surface area contributed by atoms with Crippen molar-refractivity contribution < 1.29 is 8.78 Å². The van der Waals surface area contributed by atoms with Crippen LogP contribution in [0.25, 0.3) is 0 Å². The fraction of sp³-hybridized carbons (Fsp3) is 0.333. The quantitative estimate of drug-likeness (QED) is 0.678. The van der Waals surface area contributed by atoms with E-state index < -0.39 is 11.6 Å². The first-order valence-electron chi connectivity index (χ1n) is 3.71. The van der Waals surface area contributed by atoms with Crippen LogP contribution in [0.2, 0.25) is 0 Å². The largest absolute Gasteiger partial charge is 0.207 e. The maximum Gasteiger partial charge on any atom is 0.129 e. The van der Waals surface area contributed by atoms with Gasteiger partial charge in [0.05, 0.1) is 0 Å². The van der Waals surface area contributed by atoms with E-state index >= 15 is 0 Å². The predicted octanol–water partition coefficient (Wildman–Crippen LogP) is 2.83. The molecule has 66 valence electrons. The topological polar surface area (TPSA) is 0 Å². The molecule has 1 aromatic rings. The molecular weight excluding hydrogens is 178 g/mol. The van der Waals surface area contributed by atoms with E-state index in [0.29, 0.717) is 12.0 Å². The lowest BCUT2D eigenvalue weighted by molar-refractivity contribution is 0.571. The second-order valence-corrected chi connectivity index (χ2v) is 3.67. The maximum absolute atomic E-state index is 12.9. The van der Waals surface area contributed by atoms with Gasteiger partial charge >= 0.3 is 0 Å². The normalized spacial score (nSPS) is 13.0. The zero-order valence-electron chi connectivity index (χ0n) is 6.72. The monoisotopic (exact) mass is 188 g/mol. The number of halogens is 2. The summed E-state index contributed by atoms with van der Waals surface area (Å²) in [7, 11) is 0. The highest BCUT2D eigenvalue weighted by Crippen LogP contribution is 2.13. The van der Waals surface area contributed by atoms with Crippen molar-refractivity contribution in [1.82, 2.24) is 0 Å². The standard InChI is InChI=1S/C9H10F2S/c1-6(12)4-7-2-3-8(10)5-9(7)11/h2-3,5-6,12H,4H2,1H3. The smallest absolute Gasteiger partial charge is 0.129 e. The predicted molar refractivity (Wildman–Crippen MR) is 48.5 cm³/mol. The molecule has 0 amide bonds. The van der Waals surface area contributed by atoms with E-state index in [0.717, 1.165) is 6.07 Å². The van der Waals surface area contributed by atoms with Gasteiger partial charge in [0.2, 0.25) is 0 Å². The Balaban J connectivity index is 2.86. The highest BCUT2D eigenvalue weighted by molar-refractivity contribution is 7.80. The van der Waals surface area contributed by atoms with Crippen LogP contribution in [0.5, 0.6) is 0 Å². The van der Waals surface area contributed by atoms with E-state index in [-0.39, 0.29) is 5.25 Å². The highest BCUT2D eigenvalue weighted by atomic mass is 32.1. The first-order valence-corrected chi connectivity index (χ1v) is 4.23. The molecule has 0 aliphatic heterocycles. The fourth-order valence-corrected chi connectivity index (χ4v) is 1.20. The van der Waals surface area contributed by atoms with Gasteiger partial charge in [-0.3, -0.25) is 0 Å². The van der Waals surface area contributed by atoms with Crippen molar-refractivity contribution in [3.8, 4) is 0 Å². The lowest BCUT2D eigenvalue weighted by Crippen LogP contribution is -2.00. The Morgan fingerprint density at radius 1 is 1.42 bits per heavy atom. The summed E-state index contributed by atoms with van der Waals surface area (Å²) in [6, 6.07) is 3.61. The van der Waals surface area contributed by atoms with Crippen LogP contribution >= 0.6 is 12.6 Å². The van der Waals surface area contributed by atoms with Crippen LogP contribution in [0.15, 0.2) is 18.2 Å². The first kappa shape index (κ1) is 9.52. The van der Waals surface area contributed by atoms with Crippen LogP contribution in [0, 0.1) is 11.6 Å². The average Bonchev–Trinajstić information content (AvgIpc) is 1.94. The van der Waals surface area contributed by atoms with Gasteiger partial charge in [0.1, 0.15) is 11.6 Å². The zero-order chi connectivity index (χ0) is 9.14. The summed E-state index contributed by atoms with van der Waals surface area (Å²) < 4.78 is 25.4. The van der Waals surface area contributed by atoms with Crippen molar-refractivity contribution in [3.05, 3.63) is 35.4 Å². The molecule has 0 radical (unpaired) electrons. The lowest BCUT2D eigenvalue weighted by atomic mass is 10.1. The number of hydrogen-bond acceptors (Lipinski definition) is 1. The Hall–Kier alpha value is -0.570. The van der Waals surface area contributed by atoms with Gasteiger partial charge in [-0.15, -0.1) is 0 Å². The second-order valence-electron chi connectivity index (χ2n) is 2.79. The van der Waals surface area contributed by atoms with Crippen LogP contribution < -0.4 is 0 Å². The summed E-state index contributed by atoms with van der Waals surface area (Å²) in [6.45, 7) is 1.87. The maximum atomic E-state index is 12.9. The minimum Gasteiger partial charge on any atom is -0.207 e. The average molecular weight is 188 g/mol. The Labute approximate surface area is 76.0 Å². The van der Waals surface area contributed by atoms with E-state index in [9.17, 15) is 8.78 Å². The molecule has 1 unspecified atom stereocenters. The van der Waals surface area contributed by atoms with Gasteiger partial charge in [-0.1, -0.05) is 13.0 Å². The van der Waals surface area contributed by atoms with E-state index in [1.54, 1.807) is 0 Å². The summed E-state index contributed by atoms with van der Waals surface area (Å²) in [5.74, 6) is -1.03. The van der Waals surface area contributed by atoms with Crippen molar-refractivity contribution in [2.75, 3.05) is 0 Å². The van der Waals surface area contributed by atoms with Crippen molar-refractivity contribution in [3.63, 3.8) is 0 Å². The number of rotatable bonds is 2. The third kappa shape index (κ3) is 2.48. The molecule has 0 aromatic heterocycles. The molecule has 0 N–H and O–H groups in total. The molecule has 0 fully saturated rings. The molecule has 0 aliphatic rings. The third-order valence-electron chi connectivity index (χ3n) is 1.53. The zero-order valence-corrected chi connectivity index (χ0v) is 7.61. The molecule has 1 rings (SSSR count). The van der Waals surface area contributed by atoms with Crippen molar-refractivity contribution >= 4 is 12.6 Å². The Morgan fingerprint density at radius 2 is 2.08 bits per heavy atom. The number of benzene rings is 1. The van der Waals surface area contributed by atoms with E-state index in [2.05, 4.69) is 12.6 Å². The second kappa shape index (κ2) is 3.90. The van der Waals surface area contributed by atoms with Crippen LogP contribution in [0.3, 0.4) is 0 Å². The van der Waals surface area contributed by atoms with Gasteiger partial charge < -0.3 is 0 Å². The molecule has 3 heteroatoms. The van der Waals surface area contributed by atoms with Gasteiger partial charge in [-0.2, -0.15) is 12.6 Å². The Kier molecular flexibility index (Phi) is 3.09. The Bertz CT molecular complexity index is 271. The van der Waals surface area contributed by atoms with E-state index in [4.69, 9.17) is 0 Å². The molecule has 12 heavy (non-hydrogen) atoms. The van der Waals surface area contributed by atoms with Crippen LogP contribution in [0.1, 0.15) is 12.5 Å². The summed E-state index contributed by atoms with van der Waals surface area (Å²) in [5, 5.41) is 0.0879.